The summed E-state index contributed by atoms with van der Waals surface area (Å²) in [5, 5.41) is 29.1. The first-order chi connectivity index (χ1) is 14.7. The molecule has 0 aromatic heterocycles. The smallest absolute Gasteiger partial charge is 0.114 e. The lowest BCUT2D eigenvalue weighted by atomic mass is 10.1. The molecule has 0 aromatic rings. The molecule has 1 saturated heterocycles. The van der Waals surface area contributed by atoms with Crippen molar-refractivity contribution in [2.45, 2.75) is 128 Å². The number of hydrogen-bond donors (Lipinski definition) is 3. The molecule has 1 aliphatic rings. The molecule has 0 spiro atoms. The highest BCUT2D eigenvalue weighted by atomic mass is 16.5. The minimum atomic E-state index is -1.03. The second-order valence-electron chi connectivity index (χ2n) is 8.79. The Bertz CT molecular complexity index is 401. The molecule has 5 nitrogen and oxygen atoms in total. The number of rotatable bonds is 20. The van der Waals surface area contributed by atoms with Crippen molar-refractivity contribution < 1.29 is 24.8 Å². The van der Waals surface area contributed by atoms with E-state index in [1.807, 2.05) is 0 Å². The van der Waals surface area contributed by atoms with Gasteiger partial charge in [0.2, 0.25) is 0 Å². The van der Waals surface area contributed by atoms with Crippen LogP contribution in [-0.4, -0.2) is 59.6 Å². The molecule has 30 heavy (non-hydrogen) atoms. The van der Waals surface area contributed by atoms with Crippen LogP contribution in [0, 0.1) is 0 Å². The molecule has 5 heteroatoms. The van der Waals surface area contributed by atoms with Gasteiger partial charge in [0.05, 0.1) is 13.2 Å². The summed E-state index contributed by atoms with van der Waals surface area (Å²) in [4.78, 5) is 0. The molecule has 1 heterocycles. The van der Waals surface area contributed by atoms with Gasteiger partial charge in [0, 0.05) is 6.61 Å². The van der Waals surface area contributed by atoms with Gasteiger partial charge in [-0.25, -0.2) is 0 Å². The van der Waals surface area contributed by atoms with Gasteiger partial charge in [-0.3, -0.25) is 0 Å². The minimum Gasteiger partial charge on any atom is -0.388 e. The predicted octanol–water partition coefficient (Wildman–Crippen LogP) is 4.91. The molecule has 0 unspecified atom stereocenters. The lowest BCUT2D eigenvalue weighted by Crippen LogP contribution is -2.40. The van der Waals surface area contributed by atoms with E-state index in [0.717, 1.165) is 12.8 Å². The number of aliphatic hydroxyl groups is 3. The molecule has 1 fully saturated rings. The standard InChI is InChI=1S/C25H48O5/c1-2-3-4-5-6-7-8-9-10-11-12-13-14-15-16-17-18-19-29-20-23(27)25-24(28)22(26)21-30-25/h9-10,22-28H,2-8,11-21H2,1H3/b10-9+/t22-,23+,24+,25+/m1/s1. The molecule has 4 atom stereocenters. The number of allylic oxidation sites excluding steroid dienone is 2. The Balaban J connectivity index is 1.77. The first kappa shape index (κ1) is 27.6. The van der Waals surface area contributed by atoms with Crippen LogP contribution in [0.4, 0.5) is 0 Å². The maximum absolute atomic E-state index is 9.95. The second-order valence-corrected chi connectivity index (χ2v) is 8.79. The molecule has 0 aromatic carbocycles. The third-order valence-electron chi connectivity index (χ3n) is 5.91. The van der Waals surface area contributed by atoms with E-state index >= 15 is 0 Å². The van der Waals surface area contributed by atoms with Gasteiger partial charge < -0.3 is 24.8 Å². The maximum Gasteiger partial charge on any atom is 0.114 e. The van der Waals surface area contributed by atoms with Crippen LogP contribution in [0.15, 0.2) is 12.2 Å². The fourth-order valence-electron chi connectivity index (χ4n) is 3.89. The van der Waals surface area contributed by atoms with E-state index in [1.54, 1.807) is 0 Å². The molecule has 0 saturated carbocycles. The van der Waals surface area contributed by atoms with Crippen LogP contribution in [-0.2, 0) is 9.47 Å². The number of ether oxygens (including phenoxy) is 2. The first-order valence-electron chi connectivity index (χ1n) is 12.5. The highest BCUT2D eigenvalue weighted by molar-refractivity contribution is 4.87. The molecule has 0 aliphatic carbocycles. The Morgan fingerprint density at radius 3 is 1.90 bits per heavy atom. The van der Waals surface area contributed by atoms with E-state index in [-0.39, 0.29) is 13.2 Å². The summed E-state index contributed by atoms with van der Waals surface area (Å²) in [6.45, 7) is 3.09. The van der Waals surface area contributed by atoms with Crippen molar-refractivity contribution in [3.63, 3.8) is 0 Å². The van der Waals surface area contributed by atoms with Gasteiger partial charge in [-0.2, -0.15) is 0 Å². The van der Waals surface area contributed by atoms with E-state index in [1.165, 1.54) is 83.5 Å². The summed E-state index contributed by atoms with van der Waals surface area (Å²) in [5.41, 5.74) is 0. The van der Waals surface area contributed by atoms with Gasteiger partial charge in [0.25, 0.3) is 0 Å². The Hall–Kier alpha value is -0.460. The zero-order chi connectivity index (χ0) is 21.9. The van der Waals surface area contributed by atoms with Crippen LogP contribution in [0.3, 0.4) is 0 Å². The van der Waals surface area contributed by atoms with Crippen LogP contribution >= 0.6 is 0 Å². The van der Waals surface area contributed by atoms with Crippen LogP contribution in [0.5, 0.6) is 0 Å². The minimum absolute atomic E-state index is 0.0678. The average Bonchev–Trinajstić information content (AvgIpc) is 3.08. The second kappa shape index (κ2) is 19.2. The Kier molecular flexibility index (Phi) is 17.7. The predicted molar refractivity (Wildman–Crippen MR) is 123 cm³/mol. The van der Waals surface area contributed by atoms with Crippen LogP contribution in [0.2, 0.25) is 0 Å². The lowest BCUT2D eigenvalue weighted by molar-refractivity contribution is -0.0813. The Morgan fingerprint density at radius 2 is 1.37 bits per heavy atom. The van der Waals surface area contributed by atoms with Crippen molar-refractivity contribution in [3.8, 4) is 0 Å². The van der Waals surface area contributed by atoms with Gasteiger partial charge >= 0.3 is 0 Å². The van der Waals surface area contributed by atoms with Gasteiger partial charge in [-0.15, -0.1) is 0 Å². The first-order valence-corrected chi connectivity index (χ1v) is 12.5. The molecular formula is C25H48O5. The van der Waals surface area contributed by atoms with Crippen molar-refractivity contribution in [2.24, 2.45) is 0 Å². The summed E-state index contributed by atoms with van der Waals surface area (Å²) in [7, 11) is 0. The van der Waals surface area contributed by atoms with E-state index in [4.69, 9.17) is 9.47 Å². The van der Waals surface area contributed by atoms with E-state index < -0.39 is 24.4 Å². The van der Waals surface area contributed by atoms with Crippen LogP contribution in [0.25, 0.3) is 0 Å². The SMILES string of the molecule is CCCCCCCC/C=C/CCCCCCCCCOC[C@H](O)[C@@H]1OC[C@@H](O)[C@@H]1O. The molecule has 1 rings (SSSR count). The monoisotopic (exact) mass is 428 g/mol. The van der Waals surface area contributed by atoms with Crippen molar-refractivity contribution in [1.29, 1.82) is 0 Å². The number of hydrogen-bond acceptors (Lipinski definition) is 5. The van der Waals surface area contributed by atoms with Gasteiger partial charge in [-0.05, 0) is 32.1 Å². The third kappa shape index (κ3) is 13.8. The normalized spacial score (nSPS) is 22.9. The summed E-state index contributed by atoms with van der Waals surface area (Å²) in [5.74, 6) is 0. The Labute approximate surface area is 184 Å². The topological polar surface area (TPSA) is 79.2 Å². The zero-order valence-corrected chi connectivity index (χ0v) is 19.4. The van der Waals surface area contributed by atoms with Crippen LogP contribution < -0.4 is 0 Å². The van der Waals surface area contributed by atoms with Crippen molar-refractivity contribution in [3.05, 3.63) is 12.2 Å². The summed E-state index contributed by atoms with van der Waals surface area (Å²) in [6, 6.07) is 0. The Morgan fingerprint density at radius 1 is 0.833 bits per heavy atom. The zero-order valence-electron chi connectivity index (χ0n) is 19.4. The number of unbranched alkanes of at least 4 members (excludes halogenated alkanes) is 13. The van der Waals surface area contributed by atoms with Gasteiger partial charge in [0.15, 0.2) is 0 Å². The summed E-state index contributed by atoms with van der Waals surface area (Å²) >= 11 is 0. The number of aliphatic hydroxyl groups excluding tert-OH is 3. The average molecular weight is 429 g/mol. The molecule has 1 aliphatic heterocycles. The highest BCUT2D eigenvalue weighted by Crippen LogP contribution is 2.18. The van der Waals surface area contributed by atoms with E-state index in [9.17, 15) is 15.3 Å². The lowest BCUT2D eigenvalue weighted by Gasteiger charge is -2.20. The summed E-state index contributed by atoms with van der Waals surface area (Å²) < 4.78 is 10.7. The van der Waals surface area contributed by atoms with Crippen molar-refractivity contribution in [1.82, 2.24) is 0 Å². The largest absolute Gasteiger partial charge is 0.388 e. The van der Waals surface area contributed by atoms with Gasteiger partial charge in [-0.1, -0.05) is 83.3 Å². The van der Waals surface area contributed by atoms with E-state index in [2.05, 4.69) is 19.1 Å². The molecule has 178 valence electrons. The summed E-state index contributed by atoms with van der Waals surface area (Å²) in [6.07, 6.45) is 20.5. The molecule has 0 radical (unpaired) electrons. The fourth-order valence-corrected chi connectivity index (χ4v) is 3.89. The molecule has 0 bridgehead atoms. The molecule has 3 N–H and O–H groups in total. The highest BCUT2D eigenvalue weighted by Gasteiger charge is 2.39. The van der Waals surface area contributed by atoms with Gasteiger partial charge in [0.1, 0.15) is 24.4 Å². The third-order valence-corrected chi connectivity index (χ3v) is 5.91. The quantitative estimate of drug-likeness (QED) is 0.190. The molecular weight excluding hydrogens is 380 g/mol. The fraction of sp³-hybridized carbons (Fsp3) is 0.920. The van der Waals surface area contributed by atoms with Crippen molar-refractivity contribution in [2.75, 3.05) is 19.8 Å². The van der Waals surface area contributed by atoms with Crippen molar-refractivity contribution >= 4 is 0 Å². The van der Waals surface area contributed by atoms with E-state index in [0.29, 0.717) is 6.61 Å². The molecule has 0 amide bonds. The maximum atomic E-state index is 9.95. The van der Waals surface area contributed by atoms with Crippen LogP contribution in [0.1, 0.15) is 103 Å².